The van der Waals surface area contributed by atoms with E-state index in [1.165, 1.54) is 37.0 Å². The highest BCUT2D eigenvalue weighted by Crippen LogP contribution is 2.37. The predicted octanol–water partition coefficient (Wildman–Crippen LogP) is 6.58. The van der Waals surface area contributed by atoms with E-state index in [0.717, 1.165) is 12.0 Å². The van der Waals surface area contributed by atoms with Crippen molar-refractivity contribution in [3.63, 3.8) is 0 Å². The molecule has 2 fully saturated rings. The van der Waals surface area contributed by atoms with Crippen LogP contribution in [0.1, 0.15) is 71.3 Å². The first kappa shape index (κ1) is 26.0. The normalized spacial score (nSPS) is 21.2. The van der Waals surface area contributed by atoms with Crippen LogP contribution < -0.4 is 0 Å². The lowest BCUT2D eigenvalue weighted by Crippen LogP contribution is -2.45. The molecule has 1 heterocycles. The quantitative estimate of drug-likeness (QED) is 0.380. The molecule has 0 spiro atoms. The maximum absolute atomic E-state index is 13.8. The summed E-state index contributed by atoms with van der Waals surface area (Å²) in [7, 11) is -1.88. The van der Waals surface area contributed by atoms with Crippen LogP contribution in [-0.2, 0) is 20.4 Å². The van der Waals surface area contributed by atoms with Gasteiger partial charge >= 0.3 is 6.09 Å². The van der Waals surface area contributed by atoms with Crippen LogP contribution in [0.5, 0.6) is 0 Å². The number of amides is 2. The van der Waals surface area contributed by atoms with Crippen molar-refractivity contribution in [2.24, 2.45) is 11.8 Å². The van der Waals surface area contributed by atoms with Crippen molar-refractivity contribution in [3.05, 3.63) is 35.9 Å². The average Bonchev–Trinajstić information content (AvgIpc) is 3.13. The Hall–Kier alpha value is -1.66. The molecule has 1 saturated heterocycles. The number of cyclic esters (lactones) is 1. The molecule has 5 nitrogen and oxygen atoms in total. The third-order valence-electron chi connectivity index (χ3n) is 7.94. The SMILES string of the molecule is CC(C)(C)[Si](C)(C)OCCC(CC1CCCCC1)C(=O)N1C(=O)OC[C@H]1Cc1ccccc1. The van der Waals surface area contributed by atoms with E-state index in [-0.39, 0.29) is 29.5 Å². The van der Waals surface area contributed by atoms with Crippen molar-refractivity contribution in [2.75, 3.05) is 13.2 Å². The molecule has 2 aliphatic rings. The van der Waals surface area contributed by atoms with Gasteiger partial charge in [-0.15, -0.1) is 0 Å². The van der Waals surface area contributed by atoms with Gasteiger partial charge in [-0.1, -0.05) is 83.2 Å². The zero-order valence-corrected chi connectivity index (χ0v) is 22.3. The summed E-state index contributed by atoms with van der Waals surface area (Å²) in [5.74, 6) is 0.302. The number of ether oxygens (including phenoxy) is 1. The van der Waals surface area contributed by atoms with Gasteiger partial charge in [-0.3, -0.25) is 4.79 Å². The highest BCUT2D eigenvalue weighted by atomic mass is 28.4. The van der Waals surface area contributed by atoms with Crippen LogP contribution in [0, 0.1) is 11.8 Å². The van der Waals surface area contributed by atoms with Gasteiger partial charge in [-0.05, 0) is 48.9 Å². The first-order valence-electron chi connectivity index (χ1n) is 12.8. The lowest BCUT2D eigenvalue weighted by molar-refractivity contribution is -0.134. The van der Waals surface area contributed by atoms with Crippen LogP contribution in [0.4, 0.5) is 4.79 Å². The van der Waals surface area contributed by atoms with Gasteiger partial charge in [0.25, 0.3) is 0 Å². The van der Waals surface area contributed by atoms with Crippen molar-refractivity contribution >= 4 is 20.3 Å². The number of nitrogens with zero attached hydrogens (tertiary/aromatic N) is 1. The molecular formula is C27H43NO4Si. The van der Waals surface area contributed by atoms with Crippen LogP contribution >= 0.6 is 0 Å². The zero-order valence-electron chi connectivity index (χ0n) is 21.3. The van der Waals surface area contributed by atoms with Gasteiger partial charge in [-0.25, -0.2) is 9.69 Å². The fourth-order valence-electron chi connectivity index (χ4n) is 4.80. The van der Waals surface area contributed by atoms with Gasteiger partial charge < -0.3 is 9.16 Å². The second-order valence-electron chi connectivity index (χ2n) is 11.5. The van der Waals surface area contributed by atoms with Gasteiger partial charge in [0.2, 0.25) is 5.91 Å². The van der Waals surface area contributed by atoms with Crippen LogP contribution in [-0.4, -0.2) is 44.5 Å². The van der Waals surface area contributed by atoms with E-state index in [1.807, 2.05) is 30.3 Å². The molecule has 2 atom stereocenters. The third-order valence-corrected chi connectivity index (χ3v) is 12.5. The largest absolute Gasteiger partial charge is 0.447 e. The number of imide groups is 1. The van der Waals surface area contributed by atoms with Crippen molar-refractivity contribution < 1.29 is 18.8 Å². The monoisotopic (exact) mass is 473 g/mol. The number of hydrogen-bond acceptors (Lipinski definition) is 4. The van der Waals surface area contributed by atoms with Gasteiger partial charge in [0.15, 0.2) is 8.32 Å². The van der Waals surface area contributed by atoms with Crippen molar-refractivity contribution in [2.45, 2.75) is 96.3 Å². The summed E-state index contributed by atoms with van der Waals surface area (Å²) < 4.78 is 11.8. The molecule has 0 bridgehead atoms. The molecule has 1 aliphatic carbocycles. The Morgan fingerprint density at radius 2 is 1.82 bits per heavy atom. The predicted molar refractivity (Wildman–Crippen MR) is 135 cm³/mol. The molecule has 1 aromatic rings. The first-order chi connectivity index (χ1) is 15.6. The first-order valence-corrected chi connectivity index (χ1v) is 15.7. The molecule has 33 heavy (non-hydrogen) atoms. The Bertz CT molecular complexity index is 783. The third kappa shape index (κ3) is 6.92. The highest BCUT2D eigenvalue weighted by molar-refractivity contribution is 6.74. The number of rotatable bonds is 9. The minimum Gasteiger partial charge on any atom is -0.447 e. The van der Waals surface area contributed by atoms with E-state index >= 15 is 0 Å². The Labute approximate surface area is 201 Å². The Balaban J connectivity index is 1.71. The molecule has 1 aromatic carbocycles. The van der Waals surface area contributed by atoms with E-state index < -0.39 is 14.4 Å². The molecule has 184 valence electrons. The number of benzene rings is 1. The van der Waals surface area contributed by atoms with Crippen molar-refractivity contribution in [1.29, 1.82) is 0 Å². The van der Waals surface area contributed by atoms with E-state index in [1.54, 1.807) is 0 Å². The maximum Gasteiger partial charge on any atom is 0.416 e. The summed E-state index contributed by atoms with van der Waals surface area (Å²) in [5, 5.41) is 0.134. The highest BCUT2D eigenvalue weighted by Gasteiger charge is 2.42. The molecule has 0 N–H and O–H groups in total. The minimum absolute atomic E-state index is 0.0668. The molecular weight excluding hydrogens is 430 g/mol. The molecule has 0 radical (unpaired) electrons. The summed E-state index contributed by atoms with van der Waals surface area (Å²) in [5.41, 5.74) is 1.11. The Morgan fingerprint density at radius 3 is 2.45 bits per heavy atom. The van der Waals surface area contributed by atoms with E-state index in [0.29, 0.717) is 25.4 Å². The summed E-state index contributed by atoms with van der Waals surface area (Å²) in [4.78, 5) is 27.8. The molecule has 6 heteroatoms. The van der Waals surface area contributed by atoms with Crippen LogP contribution in [0.15, 0.2) is 30.3 Å². The van der Waals surface area contributed by atoms with Gasteiger partial charge in [0.1, 0.15) is 6.61 Å². The second kappa shape index (κ2) is 11.2. The number of hydrogen-bond donors (Lipinski definition) is 0. The summed E-state index contributed by atoms with van der Waals surface area (Å²) in [6.45, 7) is 12.0. The fraction of sp³-hybridized carbons (Fsp3) is 0.704. The van der Waals surface area contributed by atoms with E-state index in [9.17, 15) is 9.59 Å². The Kier molecular flexibility index (Phi) is 8.79. The molecule has 2 amide bonds. The standard InChI is InChI=1S/C27H43NO4Si/c1-27(2,3)33(4,5)32-17-16-23(18-21-12-8-6-9-13-21)25(29)28-24(20-31-26(28)30)19-22-14-10-7-11-15-22/h7,10-11,14-15,21,23-24H,6,8-9,12-13,16-20H2,1-5H3/t23?,24-/m1/s1. The van der Waals surface area contributed by atoms with Crippen LogP contribution in [0.3, 0.4) is 0 Å². The molecule has 3 rings (SSSR count). The average molecular weight is 474 g/mol. The van der Waals surface area contributed by atoms with Crippen molar-refractivity contribution in [1.82, 2.24) is 4.90 Å². The topological polar surface area (TPSA) is 55.8 Å². The smallest absolute Gasteiger partial charge is 0.416 e. The zero-order chi connectivity index (χ0) is 24.1. The number of carbonyl (C=O) groups excluding carboxylic acids is 2. The lowest BCUT2D eigenvalue weighted by atomic mass is 9.81. The van der Waals surface area contributed by atoms with Gasteiger partial charge in [0, 0.05) is 12.5 Å². The summed E-state index contributed by atoms with van der Waals surface area (Å²) in [6.07, 6.45) is 7.82. The maximum atomic E-state index is 13.8. The summed E-state index contributed by atoms with van der Waals surface area (Å²) >= 11 is 0. The van der Waals surface area contributed by atoms with E-state index in [4.69, 9.17) is 9.16 Å². The van der Waals surface area contributed by atoms with E-state index in [2.05, 4.69) is 33.9 Å². The molecule has 1 aliphatic heterocycles. The van der Waals surface area contributed by atoms with Gasteiger partial charge in [0.05, 0.1) is 6.04 Å². The van der Waals surface area contributed by atoms with Crippen LogP contribution in [0.25, 0.3) is 0 Å². The van der Waals surface area contributed by atoms with Crippen LogP contribution in [0.2, 0.25) is 18.1 Å². The molecule has 0 aromatic heterocycles. The van der Waals surface area contributed by atoms with Gasteiger partial charge in [-0.2, -0.15) is 0 Å². The van der Waals surface area contributed by atoms with Crippen molar-refractivity contribution in [3.8, 4) is 0 Å². The fourth-order valence-corrected chi connectivity index (χ4v) is 5.87. The second-order valence-corrected chi connectivity index (χ2v) is 16.3. The molecule has 1 unspecified atom stereocenters. The summed E-state index contributed by atoms with van der Waals surface area (Å²) in [6, 6.07) is 9.80. The Morgan fingerprint density at radius 1 is 1.15 bits per heavy atom. The number of carbonyl (C=O) groups is 2. The minimum atomic E-state index is -1.88. The lowest BCUT2D eigenvalue weighted by Gasteiger charge is -2.37. The molecule has 1 saturated carbocycles.